The Morgan fingerprint density at radius 3 is 2.43 bits per heavy atom. The summed E-state index contributed by atoms with van der Waals surface area (Å²) in [5, 5.41) is 0. The molecule has 1 aromatic carbocycles. The van der Waals surface area contributed by atoms with Crippen molar-refractivity contribution in [1.29, 1.82) is 0 Å². The van der Waals surface area contributed by atoms with Crippen LogP contribution in [0, 0.1) is 0 Å². The van der Waals surface area contributed by atoms with Crippen molar-refractivity contribution in [3.8, 4) is 0 Å². The zero-order valence-electron chi connectivity index (χ0n) is 11.8. The summed E-state index contributed by atoms with van der Waals surface area (Å²) in [6.45, 7) is 4.11. The molecule has 0 aliphatic carbocycles. The minimum Gasteiger partial charge on any atom is -0.450 e. The van der Waals surface area contributed by atoms with Crippen molar-refractivity contribution in [2.45, 2.75) is 6.92 Å². The molecule has 114 valence electrons. The number of anilines is 1. The summed E-state index contributed by atoms with van der Waals surface area (Å²) < 4.78 is 5.66. The van der Waals surface area contributed by atoms with Crippen LogP contribution in [-0.4, -0.2) is 54.6 Å². The first-order valence-electron chi connectivity index (χ1n) is 6.79. The standard InChI is InChI=1S/C14H18BrN3O3/c1-2-21-14(20)18-7-5-17(6-8-18)13(19)10-3-4-12(16)11(15)9-10/h3-4,9H,2,5-8,16H2,1H3. The highest BCUT2D eigenvalue weighted by Gasteiger charge is 2.25. The summed E-state index contributed by atoms with van der Waals surface area (Å²) >= 11 is 3.32. The molecule has 1 saturated heterocycles. The van der Waals surface area contributed by atoms with Crippen LogP contribution < -0.4 is 5.73 Å². The van der Waals surface area contributed by atoms with E-state index in [0.29, 0.717) is 48.5 Å². The lowest BCUT2D eigenvalue weighted by atomic mass is 10.1. The number of carbonyl (C=O) groups excluding carboxylic acids is 2. The van der Waals surface area contributed by atoms with Gasteiger partial charge in [-0.05, 0) is 41.1 Å². The number of ether oxygens (including phenoxy) is 1. The van der Waals surface area contributed by atoms with Gasteiger partial charge in [-0.1, -0.05) is 0 Å². The van der Waals surface area contributed by atoms with E-state index in [4.69, 9.17) is 10.5 Å². The molecule has 0 spiro atoms. The van der Waals surface area contributed by atoms with Crippen molar-refractivity contribution < 1.29 is 14.3 Å². The van der Waals surface area contributed by atoms with E-state index in [1.165, 1.54) is 0 Å². The molecule has 0 radical (unpaired) electrons. The summed E-state index contributed by atoms with van der Waals surface area (Å²) in [5.74, 6) is -0.0563. The molecule has 0 saturated carbocycles. The maximum absolute atomic E-state index is 12.4. The Kier molecular flexibility index (Phi) is 5.06. The van der Waals surface area contributed by atoms with Crippen LogP contribution in [0.1, 0.15) is 17.3 Å². The van der Waals surface area contributed by atoms with Crippen LogP contribution in [0.15, 0.2) is 22.7 Å². The van der Waals surface area contributed by atoms with Gasteiger partial charge in [0.2, 0.25) is 0 Å². The van der Waals surface area contributed by atoms with Crippen LogP contribution in [0.4, 0.5) is 10.5 Å². The Bertz CT molecular complexity index is 542. The average Bonchev–Trinajstić information content (AvgIpc) is 2.50. The predicted molar refractivity (Wildman–Crippen MR) is 83.1 cm³/mol. The van der Waals surface area contributed by atoms with Crippen molar-refractivity contribution in [3.63, 3.8) is 0 Å². The fourth-order valence-electron chi connectivity index (χ4n) is 2.15. The van der Waals surface area contributed by atoms with Gasteiger partial charge in [-0.15, -0.1) is 0 Å². The fraction of sp³-hybridized carbons (Fsp3) is 0.429. The van der Waals surface area contributed by atoms with Gasteiger partial charge in [-0.25, -0.2) is 4.79 Å². The number of benzene rings is 1. The Hall–Kier alpha value is -1.76. The molecule has 0 bridgehead atoms. The molecule has 1 aliphatic heterocycles. The molecule has 1 aliphatic rings. The van der Waals surface area contributed by atoms with E-state index >= 15 is 0 Å². The summed E-state index contributed by atoms with van der Waals surface area (Å²) in [6, 6.07) is 5.13. The van der Waals surface area contributed by atoms with Crippen molar-refractivity contribution in [3.05, 3.63) is 28.2 Å². The summed E-state index contributed by atoms with van der Waals surface area (Å²) in [4.78, 5) is 27.3. The first-order valence-corrected chi connectivity index (χ1v) is 7.58. The topological polar surface area (TPSA) is 75.9 Å². The van der Waals surface area contributed by atoms with E-state index < -0.39 is 0 Å². The van der Waals surface area contributed by atoms with E-state index in [-0.39, 0.29) is 12.0 Å². The lowest BCUT2D eigenvalue weighted by molar-refractivity contribution is 0.0570. The second-order valence-electron chi connectivity index (χ2n) is 4.71. The Morgan fingerprint density at radius 2 is 1.86 bits per heavy atom. The van der Waals surface area contributed by atoms with Crippen molar-refractivity contribution in [2.75, 3.05) is 38.5 Å². The maximum atomic E-state index is 12.4. The van der Waals surface area contributed by atoms with Gasteiger partial charge in [-0.3, -0.25) is 4.79 Å². The Labute approximate surface area is 132 Å². The molecule has 2 rings (SSSR count). The zero-order valence-corrected chi connectivity index (χ0v) is 13.4. The lowest BCUT2D eigenvalue weighted by Crippen LogP contribution is -2.50. The Balaban J connectivity index is 1.97. The van der Waals surface area contributed by atoms with Crippen LogP contribution in [0.3, 0.4) is 0 Å². The number of halogens is 1. The smallest absolute Gasteiger partial charge is 0.409 e. The van der Waals surface area contributed by atoms with Gasteiger partial charge in [0.1, 0.15) is 0 Å². The number of nitrogens with zero attached hydrogens (tertiary/aromatic N) is 2. The van der Waals surface area contributed by atoms with Crippen LogP contribution in [0.25, 0.3) is 0 Å². The van der Waals surface area contributed by atoms with Crippen molar-refractivity contribution in [2.24, 2.45) is 0 Å². The molecule has 1 heterocycles. The molecule has 1 fully saturated rings. The number of hydrogen-bond acceptors (Lipinski definition) is 4. The third kappa shape index (κ3) is 3.66. The maximum Gasteiger partial charge on any atom is 0.409 e. The van der Waals surface area contributed by atoms with Gasteiger partial charge in [-0.2, -0.15) is 0 Å². The lowest BCUT2D eigenvalue weighted by Gasteiger charge is -2.34. The monoisotopic (exact) mass is 355 g/mol. The summed E-state index contributed by atoms with van der Waals surface area (Å²) in [6.07, 6.45) is -0.320. The highest BCUT2D eigenvalue weighted by atomic mass is 79.9. The van der Waals surface area contributed by atoms with Gasteiger partial charge in [0.05, 0.1) is 6.61 Å². The zero-order chi connectivity index (χ0) is 15.4. The van der Waals surface area contributed by atoms with Gasteiger partial charge < -0.3 is 20.3 Å². The van der Waals surface area contributed by atoms with Crippen LogP contribution in [-0.2, 0) is 4.74 Å². The molecular formula is C14H18BrN3O3. The second kappa shape index (κ2) is 6.80. The molecule has 21 heavy (non-hydrogen) atoms. The molecule has 0 atom stereocenters. The van der Waals surface area contributed by atoms with Gasteiger partial charge in [0, 0.05) is 41.9 Å². The Morgan fingerprint density at radius 1 is 1.24 bits per heavy atom. The van der Waals surface area contributed by atoms with Gasteiger partial charge in [0.15, 0.2) is 0 Å². The third-order valence-corrected chi connectivity index (χ3v) is 4.03. The highest BCUT2D eigenvalue weighted by Crippen LogP contribution is 2.21. The average molecular weight is 356 g/mol. The molecule has 0 unspecified atom stereocenters. The minimum atomic E-state index is -0.320. The third-order valence-electron chi connectivity index (χ3n) is 3.34. The van der Waals surface area contributed by atoms with E-state index in [2.05, 4.69) is 15.9 Å². The van der Waals surface area contributed by atoms with E-state index in [9.17, 15) is 9.59 Å². The largest absolute Gasteiger partial charge is 0.450 e. The molecule has 7 heteroatoms. The van der Waals surface area contributed by atoms with E-state index in [1.807, 2.05) is 0 Å². The number of amides is 2. The molecule has 6 nitrogen and oxygen atoms in total. The number of piperazine rings is 1. The molecule has 1 aromatic rings. The van der Waals surface area contributed by atoms with Crippen LogP contribution in [0.2, 0.25) is 0 Å². The van der Waals surface area contributed by atoms with E-state index in [0.717, 1.165) is 0 Å². The molecule has 2 amide bonds. The van der Waals surface area contributed by atoms with Crippen molar-refractivity contribution in [1.82, 2.24) is 9.80 Å². The highest BCUT2D eigenvalue weighted by molar-refractivity contribution is 9.10. The predicted octanol–water partition coefficient (Wildman–Crippen LogP) is 1.95. The first-order chi connectivity index (χ1) is 10.0. The van der Waals surface area contributed by atoms with E-state index in [1.54, 1.807) is 34.9 Å². The number of rotatable bonds is 2. The normalized spacial score (nSPS) is 15.0. The number of hydrogen-bond donors (Lipinski definition) is 1. The molecule has 2 N–H and O–H groups in total. The fourth-order valence-corrected chi connectivity index (χ4v) is 2.53. The van der Waals surface area contributed by atoms with Crippen molar-refractivity contribution >= 4 is 33.6 Å². The summed E-state index contributed by atoms with van der Waals surface area (Å²) in [7, 11) is 0. The summed E-state index contributed by atoms with van der Waals surface area (Å²) in [5.41, 5.74) is 6.90. The van der Waals surface area contributed by atoms with Gasteiger partial charge >= 0.3 is 6.09 Å². The van der Waals surface area contributed by atoms with Crippen LogP contribution >= 0.6 is 15.9 Å². The SMILES string of the molecule is CCOC(=O)N1CCN(C(=O)c2ccc(N)c(Br)c2)CC1. The van der Waals surface area contributed by atoms with Gasteiger partial charge in [0.25, 0.3) is 5.91 Å². The molecule has 0 aromatic heterocycles. The van der Waals surface area contributed by atoms with Crippen LogP contribution in [0.5, 0.6) is 0 Å². The first kappa shape index (κ1) is 15.6. The second-order valence-corrected chi connectivity index (χ2v) is 5.57. The number of nitrogen functional groups attached to an aromatic ring is 1. The quantitative estimate of drug-likeness (QED) is 0.822. The number of nitrogens with two attached hydrogens (primary N) is 1. The number of carbonyl (C=O) groups is 2. The molecular weight excluding hydrogens is 338 g/mol. The minimum absolute atomic E-state index is 0.0563.